The third-order valence-corrected chi connectivity index (χ3v) is 5.99. The number of nitrogen functional groups attached to an aromatic ring is 1. The number of nitrogens with two attached hydrogens (primary N) is 1. The van der Waals surface area contributed by atoms with Gasteiger partial charge in [-0.2, -0.15) is 0 Å². The predicted molar refractivity (Wildman–Crippen MR) is 81.8 cm³/mol. The fraction of sp³-hybridized carbons (Fsp3) is 0.538. The van der Waals surface area contributed by atoms with Crippen LogP contribution in [0.25, 0.3) is 0 Å². The van der Waals surface area contributed by atoms with E-state index in [1.165, 1.54) is 6.07 Å². The van der Waals surface area contributed by atoms with E-state index in [0.29, 0.717) is 15.7 Å². The van der Waals surface area contributed by atoms with E-state index in [1.807, 2.05) is 0 Å². The Labute approximate surface area is 127 Å². The molecule has 1 saturated carbocycles. The van der Waals surface area contributed by atoms with Crippen molar-refractivity contribution in [2.45, 2.75) is 37.2 Å². The number of nitrogens with one attached hydrogen (secondary N) is 1. The van der Waals surface area contributed by atoms with E-state index < -0.39 is 16.1 Å². The zero-order valence-corrected chi connectivity index (χ0v) is 13.7. The van der Waals surface area contributed by atoms with Gasteiger partial charge < -0.3 is 10.8 Å². The Balaban J connectivity index is 2.16. The van der Waals surface area contributed by atoms with Gasteiger partial charge in [-0.1, -0.05) is 6.42 Å². The van der Waals surface area contributed by atoms with E-state index in [0.717, 1.165) is 19.3 Å². The molecule has 1 fully saturated rings. The zero-order chi connectivity index (χ0) is 14.9. The number of benzene rings is 1. The number of aliphatic hydroxyl groups excluding tert-OH is 1. The number of halogens is 1. The van der Waals surface area contributed by atoms with Crippen LogP contribution in [0.4, 0.5) is 5.69 Å². The fourth-order valence-electron chi connectivity index (χ4n) is 2.51. The third-order valence-electron chi connectivity index (χ3n) is 3.74. The van der Waals surface area contributed by atoms with Crippen molar-refractivity contribution in [2.24, 2.45) is 5.92 Å². The smallest absolute Gasteiger partial charge is 0.240 e. The number of aliphatic hydroxyl groups is 1. The molecule has 112 valence electrons. The summed E-state index contributed by atoms with van der Waals surface area (Å²) in [6.07, 6.45) is 2.13. The molecule has 0 spiro atoms. The Morgan fingerprint density at radius 1 is 1.45 bits per heavy atom. The van der Waals surface area contributed by atoms with Crippen molar-refractivity contribution in [1.82, 2.24) is 4.72 Å². The molecule has 0 heterocycles. The summed E-state index contributed by atoms with van der Waals surface area (Å²) in [5.41, 5.74) is 6.76. The maximum absolute atomic E-state index is 12.3. The molecule has 0 amide bonds. The van der Waals surface area contributed by atoms with Crippen LogP contribution in [0.15, 0.2) is 21.5 Å². The lowest BCUT2D eigenvalue weighted by molar-refractivity contribution is 0.134. The highest BCUT2D eigenvalue weighted by Gasteiger charge is 2.27. The molecular weight excluding hydrogens is 344 g/mol. The average molecular weight is 363 g/mol. The van der Waals surface area contributed by atoms with Crippen LogP contribution in [0.1, 0.15) is 24.8 Å². The summed E-state index contributed by atoms with van der Waals surface area (Å²) in [4.78, 5) is 0.186. The van der Waals surface area contributed by atoms with Gasteiger partial charge in [0.15, 0.2) is 0 Å². The van der Waals surface area contributed by atoms with Crippen molar-refractivity contribution < 1.29 is 13.5 Å². The Kier molecular flexibility index (Phi) is 4.73. The Bertz CT molecular complexity index is 604. The summed E-state index contributed by atoms with van der Waals surface area (Å²) in [5, 5.41) is 9.73. The number of anilines is 1. The van der Waals surface area contributed by atoms with E-state index in [1.54, 1.807) is 13.0 Å². The molecule has 1 aromatic rings. The molecule has 20 heavy (non-hydrogen) atoms. The molecule has 0 aliphatic heterocycles. The SMILES string of the molecule is Cc1cc(Br)c(N)cc1S(=O)(=O)NCC1CCCC1O. The molecule has 2 rings (SSSR count). The van der Waals surface area contributed by atoms with Gasteiger partial charge in [0, 0.05) is 16.7 Å². The number of hydrogen-bond donors (Lipinski definition) is 3. The van der Waals surface area contributed by atoms with Gasteiger partial charge in [0.2, 0.25) is 10.0 Å². The highest BCUT2D eigenvalue weighted by atomic mass is 79.9. The van der Waals surface area contributed by atoms with E-state index in [9.17, 15) is 13.5 Å². The first-order valence-electron chi connectivity index (χ1n) is 6.54. The second-order valence-corrected chi connectivity index (χ2v) is 7.84. The maximum Gasteiger partial charge on any atom is 0.240 e. The predicted octanol–water partition coefficient (Wildman–Crippen LogP) is 1.78. The largest absolute Gasteiger partial charge is 0.398 e. The summed E-state index contributed by atoms with van der Waals surface area (Å²) in [7, 11) is -3.60. The number of hydrogen-bond acceptors (Lipinski definition) is 4. The highest BCUT2D eigenvalue weighted by molar-refractivity contribution is 9.10. The Morgan fingerprint density at radius 2 is 2.15 bits per heavy atom. The molecule has 7 heteroatoms. The summed E-state index contributed by atoms with van der Waals surface area (Å²) in [5.74, 6) is -0.00197. The topological polar surface area (TPSA) is 92.4 Å². The zero-order valence-electron chi connectivity index (χ0n) is 11.3. The minimum Gasteiger partial charge on any atom is -0.398 e. The quantitative estimate of drug-likeness (QED) is 0.711. The second kappa shape index (κ2) is 6.01. The molecule has 0 radical (unpaired) electrons. The molecular formula is C13H19BrN2O3S. The third kappa shape index (κ3) is 3.33. The lowest BCUT2D eigenvalue weighted by Crippen LogP contribution is -2.32. The van der Waals surface area contributed by atoms with Crippen LogP contribution in [0.2, 0.25) is 0 Å². The van der Waals surface area contributed by atoms with Crippen LogP contribution >= 0.6 is 15.9 Å². The molecule has 2 atom stereocenters. The van der Waals surface area contributed by atoms with E-state index in [2.05, 4.69) is 20.7 Å². The summed E-state index contributed by atoms with van der Waals surface area (Å²) in [6.45, 7) is 1.99. The molecule has 0 bridgehead atoms. The molecule has 1 aliphatic rings. The molecule has 1 aliphatic carbocycles. The molecule has 0 aromatic heterocycles. The van der Waals surface area contributed by atoms with Crippen LogP contribution in [-0.4, -0.2) is 26.2 Å². The van der Waals surface area contributed by atoms with Gasteiger partial charge in [-0.25, -0.2) is 13.1 Å². The first-order chi connectivity index (χ1) is 9.31. The molecule has 2 unspecified atom stereocenters. The maximum atomic E-state index is 12.3. The van der Waals surface area contributed by atoms with Gasteiger partial charge >= 0.3 is 0 Å². The van der Waals surface area contributed by atoms with Gasteiger partial charge in [-0.3, -0.25) is 0 Å². The average Bonchev–Trinajstić information content (AvgIpc) is 2.77. The normalized spacial score (nSPS) is 23.1. The summed E-state index contributed by atoms with van der Waals surface area (Å²) < 4.78 is 27.9. The van der Waals surface area contributed by atoms with Gasteiger partial charge in [-0.05, 0) is 59.3 Å². The summed E-state index contributed by atoms with van der Waals surface area (Å²) in [6, 6.07) is 3.14. The lowest BCUT2D eigenvalue weighted by atomic mass is 10.1. The van der Waals surface area contributed by atoms with Crippen molar-refractivity contribution in [1.29, 1.82) is 0 Å². The number of aryl methyl sites for hydroxylation is 1. The molecule has 1 aromatic carbocycles. The van der Waals surface area contributed by atoms with Crippen molar-refractivity contribution in [3.8, 4) is 0 Å². The standard InChI is InChI=1S/C13H19BrN2O3S/c1-8-5-10(14)11(15)6-13(8)20(18,19)16-7-9-3-2-4-12(9)17/h5-6,9,12,16-17H,2-4,7,15H2,1H3. The van der Waals surface area contributed by atoms with E-state index >= 15 is 0 Å². The van der Waals surface area contributed by atoms with Crippen molar-refractivity contribution >= 4 is 31.6 Å². The van der Waals surface area contributed by atoms with Crippen molar-refractivity contribution in [2.75, 3.05) is 12.3 Å². The van der Waals surface area contributed by atoms with Crippen LogP contribution in [0.3, 0.4) is 0 Å². The van der Waals surface area contributed by atoms with Gasteiger partial charge in [0.05, 0.1) is 11.0 Å². The second-order valence-electron chi connectivity index (χ2n) is 5.25. The van der Waals surface area contributed by atoms with Crippen LogP contribution in [0, 0.1) is 12.8 Å². The first kappa shape index (κ1) is 15.8. The van der Waals surface area contributed by atoms with Crippen molar-refractivity contribution in [3.05, 3.63) is 22.2 Å². The molecule has 0 saturated heterocycles. The van der Waals surface area contributed by atoms with Crippen LogP contribution < -0.4 is 10.5 Å². The van der Waals surface area contributed by atoms with E-state index in [-0.39, 0.29) is 17.4 Å². The highest BCUT2D eigenvalue weighted by Crippen LogP contribution is 2.28. The van der Waals surface area contributed by atoms with Gasteiger partial charge in [-0.15, -0.1) is 0 Å². The Hall–Kier alpha value is -0.630. The number of rotatable bonds is 4. The summed E-state index contributed by atoms with van der Waals surface area (Å²) >= 11 is 3.27. The minimum absolute atomic E-state index is 0.00197. The molecule has 5 nitrogen and oxygen atoms in total. The molecule has 4 N–H and O–H groups in total. The lowest BCUT2D eigenvalue weighted by Gasteiger charge is -2.16. The van der Waals surface area contributed by atoms with Crippen LogP contribution in [-0.2, 0) is 10.0 Å². The fourth-order valence-corrected chi connectivity index (χ4v) is 4.32. The Morgan fingerprint density at radius 3 is 2.75 bits per heavy atom. The monoisotopic (exact) mass is 362 g/mol. The van der Waals surface area contributed by atoms with Crippen molar-refractivity contribution in [3.63, 3.8) is 0 Å². The minimum atomic E-state index is -3.60. The van der Waals surface area contributed by atoms with Gasteiger partial charge in [0.1, 0.15) is 0 Å². The van der Waals surface area contributed by atoms with E-state index in [4.69, 9.17) is 5.73 Å². The van der Waals surface area contributed by atoms with Crippen LogP contribution in [0.5, 0.6) is 0 Å². The van der Waals surface area contributed by atoms with Gasteiger partial charge in [0.25, 0.3) is 0 Å². The number of sulfonamides is 1. The first-order valence-corrected chi connectivity index (χ1v) is 8.82.